The van der Waals surface area contributed by atoms with Crippen LogP contribution < -0.4 is 15.4 Å². The highest BCUT2D eigenvalue weighted by molar-refractivity contribution is 7.98. The van der Waals surface area contributed by atoms with E-state index in [-0.39, 0.29) is 11.7 Å². The van der Waals surface area contributed by atoms with Crippen LogP contribution in [0.2, 0.25) is 0 Å². The van der Waals surface area contributed by atoms with Crippen molar-refractivity contribution < 1.29 is 27.5 Å². The molecule has 2 aromatic rings. The van der Waals surface area contributed by atoms with Crippen LogP contribution in [-0.2, 0) is 4.79 Å². The van der Waals surface area contributed by atoms with Gasteiger partial charge in [-0.05, 0) is 54.8 Å². The molecule has 0 aliphatic carbocycles. The molecule has 0 saturated carbocycles. The van der Waals surface area contributed by atoms with Crippen LogP contribution in [0.1, 0.15) is 16.8 Å². The lowest BCUT2D eigenvalue weighted by molar-refractivity contribution is -0.274. The number of carbonyl (C=O) groups is 2. The molecule has 150 valence electrons. The summed E-state index contributed by atoms with van der Waals surface area (Å²) in [7, 11) is 0. The van der Waals surface area contributed by atoms with Gasteiger partial charge in [-0.15, -0.1) is 13.2 Å². The van der Waals surface area contributed by atoms with E-state index in [2.05, 4.69) is 15.4 Å². The average molecular weight is 412 g/mol. The van der Waals surface area contributed by atoms with Crippen molar-refractivity contribution in [3.05, 3.63) is 60.2 Å². The molecule has 1 atom stereocenters. The Morgan fingerprint density at radius 2 is 1.71 bits per heavy atom. The molecule has 0 unspecified atom stereocenters. The fraction of sp³-hybridized carbons (Fsp3) is 0.263. The maximum atomic E-state index is 12.6. The fourth-order valence-electron chi connectivity index (χ4n) is 2.30. The predicted octanol–water partition coefficient (Wildman–Crippen LogP) is 4.08. The summed E-state index contributed by atoms with van der Waals surface area (Å²) in [6.07, 6.45) is -2.50. The molecule has 2 N–H and O–H groups in total. The maximum absolute atomic E-state index is 12.6. The number of carbonyl (C=O) groups excluding carboxylic acids is 2. The van der Waals surface area contributed by atoms with Crippen LogP contribution in [0.4, 0.5) is 18.9 Å². The minimum atomic E-state index is -4.78. The van der Waals surface area contributed by atoms with E-state index in [9.17, 15) is 22.8 Å². The number of ether oxygens (including phenoxy) is 1. The third-order valence-corrected chi connectivity index (χ3v) is 4.27. The van der Waals surface area contributed by atoms with Gasteiger partial charge in [-0.3, -0.25) is 9.59 Å². The SMILES string of the molecule is CSCC[C@H](NC(=O)c1ccccc1)C(=O)Nc1ccc(OC(F)(F)F)cc1. The number of benzene rings is 2. The highest BCUT2D eigenvalue weighted by Crippen LogP contribution is 2.24. The molecule has 2 rings (SSSR count). The van der Waals surface area contributed by atoms with Gasteiger partial charge in [0.05, 0.1) is 0 Å². The number of alkyl halides is 3. The maximum Gasteiger partial charge on any atom is 0.573 e. The summed E-state index contributed by atoms with van der Waals surface area (Å²) in [5.41, 5.74) is 0.723. The van der Waals surface area contributed by atoms with E-state index in [1.165, 1.54) is 23.9 Å². The van der Waals surface area contributed by atoms with Crippen molar-refractivity contribution in [1.29, 1.82) is 0 Å². The Labute approximate surface area is 164 Å². The molecular formula is C19H19F3N2O3S. The van der Waals surface area contributed by atoms with Gasteiger partial charge in [0.1, 0.15) is 11.8 Å². The quantitative estimate of drug-likeness (QED) is 0.686. The van der Waals surface area contributed by atoms with Gasteiger partial charge in [-0.25, -0.2) is 0 Å². The summed E-state index contributed by atoms with van der Waals surface area (Å²) in [6.45, 7) is 0. The van der Waals surface area contributed by atoms with Gasteiger partial charge in [-0.1, -0.05) is 18.2 Å². The zero-order valence-electron chi connectivity index (χ0n) is 15.0. The molecule has 0 heterocycles. The molecule has 0 radical (unpaired) electrons. The number of hydrogen-bond donors (Lipinski definition) is 2. The molecule has 0 saturated heterocycles. The summed E-state index contributed by atoms with van der Waals surface area (Å²) in [5, 5.41) is 5.29. The Hall–Kier alpha value is -2.68. The van der Waals surface area contributed by atoms with Crippen LogP contribution in [0.15, 0.2) is 54.6 Å². The summed E-state index contributed by atoms with van der Waals surface area (Å²) in [6, 6.07) is 12.5. The first kappa shape index (κ1) is 21.6. The van der Waals surface area contributed by atoms with E-state index in [1.54, 1.807) is 30.3 Å². The molecule has 28 heavy (non-hydrogen) atoms. The molecule has 0 fully saturated rings. The Bertz CT molecular complexity index is 783. The highest BCUT2D eigenvalue weighted by atomic mass is 32.2. The number of hydrogen-bond acceptors (Lipinski definition) is 4. The van der Waals surface area contributed by atoms with Crippen LogP contribution >= 0.6 is 11.8 Å². The first-order valence-electron chi connectivity index (χ1n) is 8.30. The molecule has 0 aromatic heterocycles. The van der Waals surface area contributed by atoms with Crippen LogP contribution in [0.25, 0.3) is 0 Å². The minimum Gasteiger partial charge on any atom is -0.406 e. The molecule has 2 amide bonds. The summed E-state index contributed by atoms with van der Waals surface area (Å²) >= 11 is 1.53. The minimum absolute atomic E-state index is 0.294. The second kappa shape index (κ2) is 10.0. The first-order valence-corrected chi connectivity index (χ1v) is 9.69. The third-order valence-electron chi connectivity index (χ3n) is 3.62. The number of amides is 2. The lowest BCUT2D eigenvalue weighted by Crippen LogP contribution is -2.44. The van der Waals surface area contributed by atoms with Gasteiger partial charge in [0, 0.05) is 11.3 Å². The topological polar surface area (TPSA) is 67.4 Å². The van der Waals surface area contributed by atoms with Crippen molar-refractivity contribution in [3.8, 4) is 5.75 Å². The standard InChI is InChI=1S/C19H19F3N2O3S/c1-28-12-11-16(24-17(25)13-5-3-2-4-6-13)18(26)23-14-7-9-15(10-8-14)27-19(20,21)22/h2-10,16H,11-12H2,1H3,(H,23,26)(H,24,25)/t16-/m0/s1. The van der Waals surface area contributed by atoms with E-state index in [1.807, 2.05) is 6.26 Å². The monoisotopic (exact) mass is 412 g/mol. The van der Waals surface area contributed by atoms with Gasteiger partial charge >= 0.3 is 6.36 Å². The summed E-state index contributed by atoms with van der Waals surface area (Å²) < 4.78 is 40.4. The molecule has 0 aliphatic rings. The smallest absolute Gasteiger partial charge is 0.406 e. The fourth-order valence-corrected chi connectivity index (χ4v) is 2.78. The largest absolute Gasteiger partial charge is 0.573 e. The lowest BCUT2D eigenvalue weighted by Gasteiger charge is -2.18. The van der Waals surface area contributed by atoms with E-state index in [0.717, 1.165) is 12.1 Å². The Kier molecular flexibility index (Phi) is 7.74. The molecule has 5 nitrogen and oxygen atoms in total. The number of rotatable bonds is 8. The van der Waals surface area contributed by atoms with Crippen molar-refractivity contribution >= 4 is 29.3 Å². The van der Waals surface area contributed by atoms with Crippen LogP contribution in [0.5, 0.6) is 5.75 Å². The Morgan fingerprint density at radius 1 is 1.07 bits per heavy atom. The number of anilines is 1. The van der Waals surface area contributed by atoms with Gasteiger partial charge < -0.3 is 15.4 Å². The summed E-state index contributed by atoms with van der Waals surface area (Å²) in [5.74, 6) is -0.577. The van der Waals surface area contributed by atoms with E-state index < -0.39 is 18.3 Å². The Balaban J connectivity index is 2.03. The van der Waals surface area contributed by atoms with Gasteiger partial charge in [0.2, 0.25) is 5.91 Å². The second-order valence-electron chi connectivity index (χ2n) is 5.73. The van der Waals surface area contributed by atoms with Gasteiger partial charge in [0.15, 0.2) is 0 Å². The number of halogens is 3. The summed E-state index contributed by atoms with van der Waals surface area (Å²) in [4.78, 5) is 24.9. The van der Waals surface area contributed by atoms with Crippen molar-refractivity contribution in [2.75, 3.05) is 17.3 Å². The zero-order valence-corrected chi connectivity index (χ0v) is 15.8. The van der Waals surface area contributed by atoms with Crippen molar-refractivity contribution in [3.63, 3.8) is 0 Å². The first-order chi connectivity index (χ1) is 13.3. The molecule has 0 bridgehead atoms. The molecular weight excluding hydrogens is 393 g/mol. The molecule has 0 aliphatic heterocycles. The van der Waals surface area contributed by atoms with Crippen molar-refractivity contribution in [2.24, 2.45) is 0 Å². The number of thioether (sulfide) groups is 1. The van der Waals surface area contributed by atoms with Crippen molar-refractivity contribution in [1.82, 2.24) is 5.32 Å². The molecule has 2 aromatic carbocycles. The number of nitrogens with one attached hydrogen (secondary N) is 2. The predicted molar refractivity (Wildman–Crippen MR) is 102 cm³/mol. The van der Waals surface area contributed by atoms with E-state index in [4.69, 9.17) is 0 Å². The molecule has 9 heteroatoms. The normalized spacial score (nSPS) is 12.1. The van der Waals surface area contributed by atoms with E-state index >= 15 is 0 Å². The van der Waals surface area contributed by atoms with E-state index in [0.29, 0.717) is 23.4 Å². The van der Waals surface area contributed by atoms with Crippen molar-refractivity contribution in [2.45, 2.75) is 18.8 Å². The van der Waals surface area contributed by atoms with Gasteiger partial charge in [-0.2, -0.15) is 11.8 Å². The van der Waals surface area contributed by atoms with Crippen LogP contribution in [0.3, 0.4) is 0 Å². The highest BCUT2D eigenvalue weighted by Gasteiger charge is 2.31. The van der Waals surface area contributed by atoms with Crippen LogP contribution in [0, 0.1) is 0 Å². The van der Waals surface area contributed by atoms with Crippen LogP contribution in [-0.4, -0.2) is 36.2 Å². The van der Waals surface area contributed by atoms with Gasteiger partial charge in [0.25, 0.3) is 5.91 Å². The lowest BCUT2D eigenvalue weighted by atomic mass is 10.1. The molecule has 0 spiro atoms. The Morgan fingerprint density at radius 3 is 2.29 bits per heavy atom. The third kappa shape index (κ3) is 7.15. The second-order valence-corrected chi connectivity index (χ2v) is 6.72. The average Bonchev–Trinajstić information content (AvgIpc) is 2.66. The zero-order chi connectivity index (χ0) is 20.6.